The number of nitrogens with zero attached hydrogens (tertiary/aromatic N) is 3. The zero-order valence-corrected chi connectivity index (χ0v) is 18.6. The molecule has 7 nitrogen and oxygen atoms in total. The molecule has 3 aromatic rings. The highest BCUT2D eigenvalue weighted by atomic mass is 32.2. The molecule has 0 bridgehead atoms. The first-order valence-electron chi connectivity index (χ1n) is 9.61. The Bertz CT molecular complexity index is 1360. The van der Waals surface area contributed by atoms with Crippen LogP contribution < -0.4 is 14.9 Å². The number of aromatic nitrogens is 1. The van der Waals surface area contributed by atoms with Gasteiger partial charge in [0.2, 0.25) is 10.0 Å². The zero-order valence-electron chi connectivity index (χ0n) is 17.0. The highest BCUT2D eigenvalue weighted by Gasteiger charge is 2.42. The molecular weight excluding hydrogens is 503 g/mol. The van der Waals surface area contributed by atoms with Gasteiger partial charge in [0.05, 0.1) is 0 Å². The number of urea groups is 1. The molecule has 1 aliphatic rings. The van der Waals surface area contributed by atoms with E-state index in [0.29, 0.717) is 17.7 Å². The van der Waals surface area contributed by atoms with E-state index >= 15 is 0 Å². The van der Waals surface area contributed by atoms with Crippen LogP contribution in [0.3, 0.4) is 0 Å². The van der Waals surface area contributed by atoms with Gasteiger partial charge < -0.3 is 0 Å². The smallest absolute Gasteiger partial charge is 0.294 e. The summed E-state index contributed by atoms with van der Waals surface area (Å²) in [5, 5.41) is 4.46. The van der Waals surface area contributed by atoms with Crippen LogP contribution in [-0.4, -0.2) is 32.5 Å². The van der Waals surface area contributed by atoms with Crippen LogP contribution in [-0.2, 0) is 16.2 Å². The summed E-state index contributed by atoms with van der Waals surface area (Å²) in [4.78, 5) is 18.6. The van der Waals surface area contributed by atoms with Crippen molar-refractivity contribution in [2.45, 2.75) is 16.8 Å². The first-order chi connectivity index (χ1) is 15.9. The molecule has 0 aliphatic carbocycles. The Labute approximate surface area is 194 Å². The molecule has 4 rings (SSSR count). The molecule has 2 N–H and O–H groups in total. The number of carbonyl (C=O) groups is 1. The van der Waals surface area contributed by atoms with Gasteiger partial charge in [-0.2, -0.15) is 13.2 Å². The van der Waals surface area contributed by atoms with E-state index in [9.17, 15) is 35.2 Å². The number of carbonyl (C=O) groups excluding carboxylic acids is 1. The van der Waals surface area contributed by atoms with Gasteiger partial charge in [0.15, 0.2) is 15.0 Å². The molecule has 0 saturated carbocycles. The van der Waals surface area contributed by atoms with Crippen molar-refractivity contribution in [3.63, 3.8) is 0 Å². The van der Waals surface area contributed by atoms with Crippen molar-refractivity contribution in [2.75, 3.05) is 22.9 Å². The second-order valence-electron chi connectivity index (χ2n) is 7.29. The van der Waals surface area contributed by atoms with Crippen LogP contribution in [0.2, 0.25) is 0 Å². The number of hydrogen-bond acceptors (Lipinski definition) is 5. The second-order valence-corrected chi connectivity index (χ2v) is 10.0. The van der Waals surface area contributed by atoms with Crippen LogP contribution >= 0.6 is 11.3 Å². The molecule has 1 fully saturated rings. The Morgan fingerprint density at radius 1 is 1.00 bits per heavy atom. The molecule has 0 spiro atoms. The van der Waals surface area contributed by atoms with Gasteiger partial charge >= 0.3 is 12.2 Å². The number of amides is 2. The molecule has 1 aliphatic heterocycles. The van der Waals surface area contributed by atoms with Crippen molar-refractivity contribution in [1.29, 1.82) is 0 Å². The number of benzene rings is 2. The quantitative estimate of drug-likeness (QED) is 0.511. The topological polar surface area (TPSA) is 96.6 Å². The van der Waals surface area contributed by atoms with Crippen molar-refractivity contribution >= 4 is 38.2 Å². The van der Waals surface area contributed by atoms with E-state index in [0.717, 1.165) is 23.1 Å². The second kappa shape index (κ2) is 8.60. The van der Waals surface area contributed by atoms with Crippen LogP contribution in [0.1, 0.15) is 12.1 Å². The number of anilines is 2. The van der Waals surface area contributed by atoms with Gasteiger partial charge in [-0.15, -0.1) is 0 Å². The molecule has 34 heavy (non-hydrogen) atoms. The Hall–Kier alpha value is -3.10. The Kier molecular flexibility index (Phi) is 6.08. The van der Waals surface area contributed by atoms with Gasteiger partial charge in [0.25, 0.3) is 0 Å². The average Bonchev–Trinajstić information content (AvgIpc) is 3.22. The Balaban J connectivity index is 1.64. The van der Waals surface area contributed by atoms with Crippen molar-refractivity contribution in [3.8, 4) is 11.1 Å². The molecule has 2 heterocycles. The van der Waals surface area contributed by atoms with Gasteiger partial charge in [-0.25, -0.2) is 32.1 Å². The van der Waals surface area contributed by atoms with Crippen molar-refractivity contribution in [1.82, 2.24) is 4.98 Å². The van der Waals surface area contributed by atoms with E-state index in [1.165, 1.54) is 29.2 Å². The van der Waals surface area contributed by atoms with Gasteiger partial charge in [0.1, 0.15) is 11.6 Å². The summed E-state index contributed by atoms with van der Waals surface area (Å²) in [6.45, 7) is 0.235. The average molecular weight is 518 g/mol. The van der Waals surface area contributed by atoms with Gasteiger partial charge in [0, 0.05) is 24.3 Å². The Morgan fingerprint density at radius 2 is 1.65 bits per heavy atom. The lowest BCUT2D eigenvalue weighted by Gasteiger charge is -2.34. The first kappa shape index (κ1) is 24.0. The van der Waals surface area contributed by atoms with Crippen LogP contribution in [0.4, 0.5) is 37.6 Å². The minimum absolute atomic E-state index is 0.0107. The predicted molar refractivity (Wildman–Crippen MR) is 115 cm³/mol. The molecule has 180 valence electrons. The zero-order chi connectivity index (χ0) is 24.8. The van der Waals surface area contributed by atoms with Gasteiger partial charge in [-0.1, -0.05) is 23.5 Å². The largest absolute Gasteiger partial charge is 0.435 e. The molecular formula is C20H15F5N4O3S2. The fourth-order valence-corrected chi connectivity index (χ4v) is 5.42. The molecule has 0 unspecified atom stereocenters. The normalized spacial score (nSPS) is 15.2. The summed E-state index contributed by atoms with van der Waals surface area (Å²) in [6, 6.07) is 8.20. The molecule has 2 amide bonds. The number of sulfonamides is 1. The van der Waals surface area contributed by atoms with Crippen LogP contribution in [0.5, 0.6) is 0 Å². The molecule has 14 heteroatoms. The number of rotatable bonds is 4. The molecule has 0 atom stereocenters. The third kappa shape index (κ3) is 4.60. The van der Waals surface area contributed by atoms with Gasteiger partial charge in [-0.05, 0) is 42.3 Å². The number of thiazole rings is 1. The van der Waals surface area contributed by atoms with Crippen LogP contribution in [0, 0.1) is 11.6 Å². The molecule has 2 aromatic carbocycles. The van der Waals surface area contributed by atoms with E-state index in [2.05, 4.69) is 4.98 Å². The summed E-state index contributed by atoms with van der Waals surface area (Å²) in [5.41, 5.74) is -0.943. The minimum Gasteiger partial charge on any atom is -0.294 e. The lowest BCUT2D eigenvalue weighted by atomic mass is 10.0. The monoisotopic (exact) mass is 518 g/mol. The van der Waals surface area contributed by atoms with E-state index in [1.54, 1.807) is 0 Å². The van der Waals surface area contributed by atoms with Crippen LogP contribution in [0.25, 0.3) is 11.1 Å². The van der Waals surface area contributed by atoms with E-state index in [1.807, 2.05) is 0 Å². The van der Waals surface area contributed by atoms with Crippen LogP contribution in [0.15, 0.2) is 46.7 Å². The van der Waals surface area contributed by atoms with Gasteiger partial charge in [-0.3, -0.25) is 9.80 Å². The molecule has 0 radical (unpaired) electrons. The van der Waals surface area contributed by atoms with E-state index in [-0.39, 0.29) is 30.0 Å². The summed E-state index contributed by atoms with van der Waals surface area (Å²) in [5.74, 6) is -1.26. The summed E-state index contributed by atoms with van der Waals surface area (Å²) >= 11 is 0.161. The third-order valence-corrected chi connectivity index (χ3v) is 7.52. The van der Waals surface area contributed by atoms with Crippen molar-refractivity contribution in [2.24, 2.45) is 5.14 Å². The highest BCUT2D eigenvalue weighted by Crippen LogP contribution is 2.40. The SMILES string of the molecule is NS(=O)(=O)c1sc(N2CCCN(c3ccc(-c4cc(F)ccc4F)cc3)C2=O)nc1C(F)(F)F. The molecule has 1 aromatic heterocycles. The first-order valence-corrected chi connectivity index (χ1v) is 12.0. The predicted octanol–water partition coefficient (Wildman–Crippen LogP) is 4.59. The summed E-state index contributed by atoms with van der Waals surface area (Å²) in [7, 11) is -4.73. The highest BCUT2D eigenvalue weighted by molar-refractivity contribution is 7.91. The number of primary sulfonamides is 1. The summed E-state index contributed by atoms with van der Waals surface area (Å²) < 4.78 is 89.5. The lowest BCUT2D eigenvalue weighted by molar-refractivity contribution is -0.142. The maximum atomic E-state index is 14.0. The number of hydrogen-bond donors (Lipinski definition) is 1. The third-order valence-electron chi connectivity index (χ3n) is 4.99. The Morgan fingerprint density at radius 3 is 2.24 bits per heavy atom. The lowest BCUT2D eigenvalue weighted by Crippen LogP contribution is -2.49. The minimum atomic E-state index is -5.09. The van der Waals surface area contributed by atoms with Crippen molar-refractivity contribution in [3.05, 3.63) is 59.8 Å². The molecule has 1 saturated heterocycles. The summed E-state index contributed by atoms with van der Waals surface area (Å²) in [6.07, 6.45) is -4.74. The maximum absolute atomic E-state index is 14.0. The maximum Gasteiger partial charge on any atom is 0.435 e. The fourth-order valence-electron chi connectivity index (χ4n) is 3.46. The van der Waals surface area contributed by atoms with E-state index in [4.69, 9.17) is 5.14 Å². The number of halogens is 5. The van der Waals surface area contributed by atoms with Crippen molar-refractivity contribution < 1.29 is 35.2 Å². The number of nitrogens with two attached hydrogens (primary N) is 1. The fraction of sp³-hybridized carbons (Fsp3) is 0.200. The van der Waals surface area contributed by atoms with E-state index < -0.39 is 48.9 Å². The standard InChI is InChI=1S/C20H15F5N4O3S2/c21-12-4-7-15(22)14(10-12)11-2-5-13(6-3-11)28-8-1-9-29(19(28)30)18-27-16(20(23,24)25)17(33-18)34(26,31)32/h2-7,10H,1,8-9H2,(H2,26,31,32). The number of alkyl halides is 3.